The summed E-state index contributed by atoms with van der Waals surface area (Å²) in [5.41, 5.74) is 2.86. The molecule has 1 saturated heterocycles. The highest BCUT2D eigenvalue weighted by Crippen LogP contribution is 2.21. The molecule has 21 heavy (non-hydrogen) atoms. The maximum atomic E-state index is 12.2. The molecule has 1 aliphatic heterocycles. The van der Waals surface area contributed by atoms with Gasteiger partial charge in [-0.05, 0) is 57.4 Å². The van der Waals surface area contributed by atoms with Crippen LogP contribution in [0.3, 0.4) is 0 Å². The zero-order valence-corrected chi connectivity index (χ0v) is 12.7. The van der Waals surface area contributed by atoms with E-state index >= 15 is 0 Å². The largest absolute Gasteiger partial charge is 0.372 e. The van der Waals surface area contributed by atoms with Crippen molar-refractivity contribution in [1.29, 1.82) is 0 Å². The van der Waals surface area contributed by atoms with E-state index in [1.165, 1.54) is 24.9 Å². The van der Waals surface area contributed by atoms with Crippen molar-refractivity contribution >= 4 is 5.69 Å². The molecule has 1 aromatic heterocycles. The van der Waals surface area contributed by atoms with Gasteiger partial charge in [0.1, 0.15) is 5.82 Å². The number of hydrogen-bond donors (Lipinski definition) is 0. The lowest BCUT2D eigenvalue weighted by Crippen LogP contribution is -2.29. The quantitative estimate of drug-likeness (QED) is 0.850. The Morgan fingerprint density at radius 2 is 1.57 bits per heavy atom. The van der Waals surface area contributed by atoms with E-state index in [1.807, 2.05) is 26.0 Å². The van der Waals surface area contributed by atoms with Crippen molar-refractivity contribution in [2.45, 2.75) is 33.1 Å². The summed E-state index contributed by atoms with van der Waals surface area (Å²) < 4.78 is 1.66. The van der Waals surface area contributed by atoms with E-state index in [-0.39, 0.29) is 5.56 Å². The van der Waals surface area contributed by atoms with Crippen LogP contribution in [-0.4, -0.2) is 22.6 Å². The van der Waals surface area contributed by atoms with Crippen molar-refractivity contribution in [3.8, 4) is 5.69 Å². The van der Waals surface area contributed by atoms with E-state index < -0.39 is 0 Å². The van der Waals surface area contributed by atoms with Crippen molar-refractivity contribution < 1.29 is 0 Å². The Hall–Kier alpha value is -2.10. The van der Waals surface area contributed by atoms with Gasteiger partial charge in [-0.1, -0.05) is 0 Å². The minimum Gasteiger partial charge on any atom is -0.372 e. The van der Waals surface area contributed by atoms with Crippen LogP contribution >= 0.6 is 0 Å². The number of anilines is 1. The lowest BCUT2D eigenvalue weighted by molar-refractivity contribution is 0.578. The van der Waals surface area contributed by atoms with Crippen LogP contribution in [0.15, 0.2) is 35.1 Å². The van der Waals surface area contributed by atoms with Crippen LogP contribution in [0.1, 0.15) is 30.8 Å². The van der Waals surface area contributed by atoms with Gasteiger partial charge in [-0.2, -0.15) is 0 Å². The summed E-state index contributed by atoms with van der Waals surface area (Å²) in [5, 5.41) is 0. The summed E-state index contributed by atoms with van der Waals surface area (Å²) in [6, 6.07) is 9.80. The van der Waals surface area contributed by atoms with E-state index in [1.54, 1.807) is 10.6 Å². The van der Waals surface area contributed by atoms with Gasteiger partial charge in [-0.25, -0.2) is 4.98 Å². The molecule has 0 aliphatic carbocycles. The Labute approximate surface area is 125 Å². The van der Waals surface area contributed by atoms with E-state index in [9.17, 15) is 4.79 Å². The first-order valence-corrected chi connectivity index (χ1v) is 7.58. The molecule has 0 radical (unpaired) electrons. The number of benzene rings is 1. The van der Waals surface area contributed by atoms with Crippen molar-refractivity contribution in [2.75, 3.05) is 18.0 Å². The summed E-state index contributed by atoms with van der Waals surface area (Å²) in [4.78, 5) is 18.9. The van der Waals surface area contributed by atoms with Gasteiger partial charge in [0.2, 0.25) is 0 Å². The second-order valence-electron chi connectivity index (χ2n) is 5.68. The number of aryl methyl sites for hydroxylation is 2. The number of rotatable bonds is 2. The molecule has 0 unspecified atom stereocenters. The summed E-state index contributed by atoms with van der Waals surface area (Å²) in [6.45, 7) is 5.97. The third kappa shape index (κ3) is 2.84. The molecule has 0 atom stereocenters. The van der Waals surface area contributed by atoms with E-state index in [4.69, 9.17) is 0 Å². The summed E-state index contributed by atoms with van der Waals surface area (Å²) in [6.07, 6.45) is 3.86. The summed E-state index contributed by atoms with van der Waals surface area (Å²) in [7, 11) is 0. The van der Waals surface area contributed by atoms with E-state index in [2.05, 4.69) is 22.0 Å². The maximum absolute atomic E-state index is 12.2. The molecule has 2 aromatic rings. The summed E-state index contributed by atoms with van der Waals surface area (Å²) in [5.74, 6) is 0.728. The Bertz CT molecular complexity index is 682. The highest BCUT2D eigenvalue weighted by molar-refractivity contribution is 5.51. The van der Waals surface area contributed by atoms with Crippen LogP contribution in [0.4, 0.5) is 5.69 Å². The first kappa shape index (κ1) is 13.9. The molecule has 3 rings (SSSR count). The molecular formula is C17H21N3O. The number of aromatic nitrogens is 2. The maximum Gasteiger partial charge on any atom is 0.258 e. The van der Waals surface area contributed by atoms with Gasteiger partial charge >= 0.3 is 0 Å². The van der Waals surface area contributed by atoms with Crippen LogP contribution in [0.2, 0.25) is 0 Å². The normalized spacial score (nSPS) is 15.2. The van der Waals surface area contributed by atoms with Crippen LogP contribution in [0, 0.1) is 13.8 Å². The minimum atomic E-state index is -0.0225. The zero-order valence-electron chi connectivity index (χ0n) is 12.7. The van der Waals surface area contributed by atoms with Crippen molar-refractivity contribution in [1.82, 2.24) is 9.55 Å². The van der Waals surface area contributed by atoms with Gasteiger partial charge in [0.15, 0.2) is 0 Å². The Morgan fingerprint density at radius 3 is 2.19 bits per heavy atom. The predicted molar refractivity (Wildman–Crippen MR) is 85.4 cm³/mol. The van der Waals surface area contributed by atoms with Gasteiger partial charge in [-0.15, -0.1) is 0 Å². The van der Waals surface area contributed by atoms with Gasteiger partial charge in [0.25, 0.3) is 5.56 Å². The molecule has 4 heteroatoms. The average molecular weight is 283 g/mol. The lowest BCUT2D eigenvalue weighted by Gasteiger charge is -2.29. The predicted octanol–water partition coefficient (Wildman–Crippen LogP) is 2.84. The second-order valence-corrected chi connectivity index (χ2v) is 5.68. The van der Waals surface area contributed by atoms with Crippen LogP contribution in [0.5, 0.6) is 0 Å². The third-order valence-corrected chi connectivity index (χ3v) is 4.04. The monoisotopic (exact) mass is 283 g/mol. The fraction of sp³-hybridized carbons (Fsp3) is 0.412. The Morgan fingerprint density at radius 1 is 0.952 bits per heavy atom. The fourth-order valence-corrected chi connectivity index (χ4v) is 3.02. The van der Waals surface area contributed by atoms with Crippen molar-refractivity contribution in [2.24, 2.45) is 0 Å². The molecule has 1 fully saturated rings. The summed E-state index contributed by atoms with van der Waals surface area (Å²) >= 11 is 0. The molecule has 2 heterocycles. The number of piperidine rings is 1. The first-order chi connectivity index (χ1) is 10.1. The SMILES string of the molecule is Cc1cc(=O)n(-c2ccc(N3CCCCC3)cc2)c(C)n1. The minimum absolute atomic E-state index is 0.0225. The number of nitrogens with zero attached hydrogens (tertiary/aromatic N) is 3. The van der Waals surface area contributed by atoms with Gasteiger partial charge in [-0.3, -0.25) is 9.36 Å². The molecule has 1 aromatic carbocycles. The van der Waals surface area contributed by atoms with Gasteiger partial charge in [0.05, 0.1) is 5.69 Å². The van der Waals surface area contributed by atoms with Crippen LogP contribution < -0.4 is 10.5 Å². The van der Waals surface area contributed by atoms with Crippen molar-refractivity contribution in [3.63, 3.8) is 0 Å². The fourth-order valence-electron chi connectivity index (χ4n) is 3.02. The standard InChI is InChI=1S/C17H21N3O/c1-13-12-17(21)20(14(2)18-13)16-8-6-15(7-9-16)19-10-4-3-5-11-19/h6-9,12H,3-5,10-11H2,1-2H3. The molecular weight excluding hydrogens is 262 g/mol. The highest BCUT2D eigenvalue weighted by atomic mass is 16.1. The molecule has 4 nitrogen and oxygen atoms in total. The highest BCUT2D eigenvalue weighted by Gasteiger charge is 2.11. The Balaban J connectivity index is 1.92. The molecule has 110 valence electrons. The van der Waals surface area contributed by atoms with Crippen molar-refractivity contribution in [3.05, 3.63) is 52.2 Å². The molecule has 0 spiro atoms. The van der Waals surface area contributed by atoms with Gasteiger partial charge < -0.3 is 4.90 Å². The van der Waals surface area contributed by atoms with E-state index in [0.29, 0.717) is 0 Å². The third-order valence-electron chi connectivity index (χ3n) is 4.04. The molecule has 0 bridgehead atoms. The molecule has 1 aliphatic rings. The smallest absolute Gasteiger partial charge is 0.258 e. The zero-order chi connectivity index (χ0) is 14.8. The first-order valence-electron chi connectivity index (χ1n) is 7.58. The lowest BCUT2D eigenvalue weighted by atomic mass is 10.1. The second kappa shape index (κ2) is 5.72. The van der Waals surface area contributed by atoms with Crippen LogP contribution in [0.25, 0.3) is 5.69 Å². The molecule has 0 saturated carbocycles. The average Bonchev–Trinajstić information content (AvgIpc) is 2.48. The van der Waals surface area contributed by atoms with Crippen LogP contribution in [-0.2, 0) is 0 Å². The number of hydrogen-bond acceptors (Lipinski definition) is 3. The molecule has 0 N–H and O–H groups in total. The van der Waals surface area contributed by atoms with Gasteiger partial charge in [0, 0.05) is 30.5 Å². The Kier molecular flexibility index (Phi) is 3.78. The molecule has 0 amide bonds. The van der Waals surface area contributed by atoms with E-state index in [0.717, 1.165) is 30.3 Å². The topological polar surface area (TPSA) is 38.1 Å².